The summed E-state index contributed by atoms with van der Waals surface area (Å²) < 4.78 is 5.62. The van der Waals surface area contributed by atoms with E-state index in [4.69, 9.17) is 4.42 Å². The summed E-state index contributed by atoms with van der Waals surface area (Å²) >= 11 is 0. The summed E-state index contributed by atoms with van der Waals surface area (Å²) in [5.74, 6) is 0.807. The summed E-state index contributed by atoms with van der Waals surface area (Å²) in [5, 5.41) is 3.35. The van der Waals surface area contributed by atoms with Crippen molar-refractivity contribution >= 4 is 6.01 Å². The number of aromatic nitrogens is 1. The molecule has 1 aliphatic heterocycles. The molecule has 0 amide bonds. The quantitative estimate of drug-likeness (QED) is 0.774. The van der Waals surface area contributed by atoms with Crippen molar-refractivity contribution in [1.82, 2.24) is 15.2 Å². The third-order valence-electron chi connectivity index (χ3n) is 3.78. The molecule has 5 nitrogen and oxygen atoms in total. The first-order valence-corrected chi connectivity index (χ1v) is 7.73. The summed E-state index contributed by atoms with van der Waals surface area (Å²) in [6, 6.07) is 0.793. The second-order valence-corrected chi connectivity index (χ2v) is 5.99. The molecule has 1 aliphatic rings. The lowest BCUT2D eigenvalue weighted by atomic mass is 9.97. The van der Waals surface area contributed by atoms with Gasteiger partial charge in [-0.25, -0.2) is 0 Å². The molecule has 0 atom stereocenters. The first-order valence-electron chi connectivity index (χ1n) is 7.73. The number of anilines is 1. The molecule has 20 heavy (non-hydrogen) atoms. The van der Waals surface area contributed by atoms with Crippen LogP contribution in [0.4, 0.5) is 6.01 Å². The number of hydrogen-bond acceptors (Lipinski definition) is 5. The van der Waals surface area contributed by atoms with Gasteiger partial charge in [0.15, 0.2) is 0 Å². The van der Waals surface area contributed by atoms with Crippen LogP contribution in [0, 0.1) is 5.92 Å². The molecule has 1 N–H and O–H groups in total. The second-order valence-electron chi connectivity index (χ2n) is 5.99. The van der Waals surface area contributed by atoms with E-state index in [1.54, 1.807) is 6.26 Å². The smallest absolute Gasteiger partial charge is 0.297 e. The van der Waals surface area contributed by atoms with E-state index in [-0.39, 0.29) is 0 Å². The van der Waals surface area contributed by atoms with E-state index in [9.17, 15) is 0 Å². The molecule has 1 aromatic heterocycles. The predicted octanol–water partition coefficient (Wildman–Crippen LogP) is 1.95. The zero-order valence-electron chi connectivity index (χ0n) is 13.1. The SMILES string of the molecule is CCCNCc1coc(N2CCC(CN(C)C)CC2)n1. The van der Waals surface area contributed by atoms with Crippen molar-refractivity contribution < 1.29 is 4.42 Å². The molecule has 1 fully saturated rings. The Labute approximate surface area is 122 Å². The highest BCUT2D eigenvalue weighted by molar-refractivity contribution is 5.27. The van der Waals surface area contributed by atoms with Crippen LogP contribution < -0.4 is 10.2 Å². The van der Waals surface area contributed by atoms with E-state index in [2.05, 4.69) is 41.1 Å². The molecule has 0 aromatic carbocycles. The van der Waals surface area contributed by atoms with Crippen molar-refractivity contribution in [3.63, 3.8) is 0 Å². The fraction of sp³-hybridized carbons (Fsp3) is 0.800. The van der Waals surface area contributed by atoms with Crippen LogP contribution in [0.25, 0.3) is 0 Å². The Kier molecular flexibility index (Phi) is 5.86. The van der Waals surface area contributed by atoms with Crippen LogP contribution in [0.2, 0.25) is 0 Å². The van der Waals surface area contributed by atoms with Gasteiger partial charge in [0.05, 0.1) is 5.69 Å². The first-order chi connectivity index (χ1) is 9.69. The van der Waals surface area contributed by atoms with E-state index in [1.165, 1.54) is 19.4 Å². The molecule has 0 unspecified atom stereocenters. The molecule has 114 valence electrons. The van der Waals surface area contributed by atoms with E-state index >= 15 is 0 Å². The molecule has 0 bridgehead atoms. The van der Waals surface area contributed by atoms with Crippen molar-refractivity contribution in [3.8, 4) is 0 Å². The van der Waals surface area contributed by atoms with Crippen molar-refractivity contribution in [3.05, 3.63) is 12.0 Å². The van der Waals surface area contributed by atoms with Crippen LogP contribution >= 0.6 is 0 Å². The third-order valence-corrected chi connectivity index (χ3v) is 3.78. The van der Waals surface area contributed by atoms with Crippen LogP contribution in [0.5, 0.6) is 0 Å². The summed E-state index contributed by atoms with van der Waals surface area (Å²) in [6.07, 6.45) is 5.38. The van der Waals surface area contributed by atoms with Crippen LogP contribution in [0.1, 0.15) is 31.9 Å². The number of rotatable bonds is 7. The maximum absolute atomic E-state index is 5.62. The van der Waals surface area contributed by atoms with Gasteiger partial charge in [-0.05, 0) is 45.8 Å². The number of hydrogen-bond donors (Lipinski definition) is 1. The van der Waals surface area contributed by atoms with Gasteiger partial charge in [0.1, 0.15) is 6.26 Å². The Morgan fingerprint density at radius 1 is 1.40 bits per heavy atom. The Morgan fingerprint density at radius 3 is 2.80 bits per heavy atom. The molecule has 5 heteroatoms. The Balaban J connectivity index is 1.78. The summed E-state index contributed by atoms with van der Waals surface area (Å²) in [4.78, 5) is 9.13. The van der Waals surface area contributed by atoms with E-state index in [0.717, 1.165) is 50.2 Å². The topological polar surface area (TPSA) is 44.5 Å². The maximum atomic E-state index is 5.62. The van der Waals surface area contributed by atoms with E-state index < -0.39 is 0 Å². The van der Waals surface area contributed by atoms with Crippen LogP contribution in [0.3, 0.4) is 0 Å². The van der Waals surface area contributed by atoms with Gasteiger partial charge in [-0.3, -0.25) is 0 Å². The van der Waals surface area contributed by atoms with Gasteiger partial charge in [-0.1, -0.05) is 6.92 Å². The maximum Gasteiger partial charge on any atom is 0.297 e. The summed E-state index contributed by atoms with van der Waals surface area (Å²) in [7, 11) is 4.30. The van der Waals surface area contributed by atoms with Crippen molar-refractivity contribution in [1.29, 1.82) is 0 Å². The average Bonchev–Trinajstić information content (AvgIpc) is 2.88. The summed E-state index contributed by atoms with van der Waals surface area (Å²) in [6.45, 7) is 7.29. The second kappa shape index (κ2) is 7.64. The highest BCUT2D eigenvalue weighted by atomic mass is 16.4. The third kappa shape index (κ3) is 4.49. The molecular formula is C15H28N4O. The highest BCUT2D eigenvalue weighted by Gasteiger charge is 2.22. The Bertz CT molecular complexity index is 383. The zero-order chi connectivity index (χ0) is 14.4. The number of oxazole rings is 1. The number of piperidine rings is 1. The number of nitrogens with zero attached hydrogens (tertiary/aromatic N) is 3. The van der Waals surface area contributed by atoms with E-state index in [1.807, 2.05) is 0 Å². The van der Waals surface area contributed by atoms with Crippen LogP contribution in [-0.4, -0.2) is 50.2 Å². The number of nitrogens with one attached hydrogen (secondary N) is 1. The van der Waals surface area contributed by atoms with Gasteiger partial charge in [-0.15, -0.1) is 0 Å². The van der Waals surface area contributed by atoms with Gasteiger partial charge in [0.25, 0.3) is 6.01 Å². The highest BCUT2D eigenvalue weighted by Crippen LogP contribution is 2.23. The molecule has 0 spiro atoms. The van der Waals surface area contributed by atoms with Gasteiger partial charge < -0.3 is 19.5 Å². The lowest BCUT2D eigenvalue weighted by Gasteiger charge is -2.32. The van der Waals surface area contributed by atoms with Gasteiger partial charge in [0, 0.05) is 26.2 Å². The molecule has 2 rings (SSSR count). The van der Waals surface area contributed by atoms with Crippen molar-refractivity contribution in [2.75, 3.05) is 45.2 Å². The molecular weight excluding hydrogens is 252 g/mol. The Morgan fingerprint density at radius 2 is 2.15 bits per heavy atom. The largest absolute Gasteiger partial charge is 0.432 e. The fourth-order valence-electron chi connectivity index (χ4n) is 2.74. The molecule has 0 saturated carbocycles. The van der Waals surface area contributed by atoms with E-state index in [0.29, 0.717) is 0 Å². The van der Waals surface area contributed by atoms with Crippen LogP contribution in [0.15, 0.2) is 10.7 Å². The molecule has 2 heterocycles. The fourth-order valence-corrected chi connectivity index (χ4v) is 2.74. The monoisotopic (exact) mass is 280 g/mol. The Hall–Kier alpha value is -1.07. The molecule has 0 aliphatic carbocycles. The minimum Gasteiger partial charge on any atom is -0.432 e. The van der Waals surface area contributed by atoms with Gasteiger partial charge in [-0.2, -0.15) is 4.98 Å². The van der Waals surface area contributed by atoms with Crippen molar-refractivity contribution in [2.45, 2.75) is 32.7 Å². The van der Waals surface area contributed by atoms with Crippen molar-refractivity contribution in [2.24, 2.45) is 5.92 Å². The minimum absolute atomic E-state index is 0.793. The summed E-state index contributed by atoms with van der Waals surface area (Å²) in [5.41, 5.74) is 1.00. The lowest BCUT2D eigenvalue weighted by Crippen LogP contribution is -2.37. The van der Waals surface area contributed by atoms with Gasteiger partial charge >= 0.3 is 0 Å². The molecule has 1 aromatic rings. The average molecular weight is 280 g/mol. The van der Waals surface area contributed by atoms with Gasteiger partial charge in [0.2, 0.25) is 0 Å². The minimum atomic E-state index is 0.793. The molecule has 1 saturated heterocycles. The van der Waals surface area contributed by atoms with Crippen LogP contribution in [-0.2, 0) is 6.54 Å². The predicted molar refractivity (Wildman–Crippen MR) is 82.0 cm³/mol. The molecule has 0 radical (unpaired) electrons. The lowest BCUT2D eigenvalue weighted by molar-refractivity contribution is 0.281. The first kappa shape index (κ1) is 15.3. The standard InChI is InChI=1S/C15H28N4O/c1-4-7-16-10-14-12-20-15(17-14)19-8-5-13(6-9-19)11-18(2)3/h12-13,16H,4-11H2,1-3H3. The normalized spacial score (nSPS) is 17.1. The zero-order valence-corrected chi connectivity index (χ0v) is 13.1.